The van der Waals surface area contributed by atoms with Gasteiger partial charge in [0.25, 0.3) is 0 Å². The van der Waals surface area contributed by atoms with Gasteiger partial charge in [0.15, 0.2) is 0 Å². The first-order chi connectivity index (χ1) is 21.4. The minimum absolute atomic E-state index is 0.0366. The first-order valence-corrected chi connectivity index (χ1v) is 19.0. The fourth-order valence-corrected chi connectivity index (χ4v) is 7.95. The standard InChI is InChI=1S/C44H65O3P/c1-25-32-34-26(21-28(39(2,3)4)23-30(34)41(8,9)10)20-27-22-29(40(5,6)7)24-31(42(11,12)13)35(27)33(25)37(44(17,18)19)38(47-48(45)46)36(32)43(14,15)16/h21-24,45-46H,20H2,1-19H3. The second-order valence-electron chi connectivity index (χ2n) is 20.6. The zero-order valence-corrected chi connectivity index (χ0v) is 34.7. The zero-order valence-electron chi connectivity index (χ0n) is 33.8. The molecular formula is C44H65O3P. The van der Waals surface area contributed by atoms with E-state index >= 15 is 0 Å². The van der Waals surface area contributed by atoms with Gasteiger partial charge in [-0.05, 0) is 107 Å². The van der Waals surface area contributed by atoms with Crippen LogP contribution < -0.4 is 4.52 Å². The van der Waals surface area contributed by atoms with Crippen LogP contribution in [-0.4, -0.2) is 9.79 Å². The summed E-state index contributed by atoms with van der Waals surface area (Å²) in [6.07, 6.45) is 0.808. The van der Waals surface area contributed by atoms with Crippen molar-refractivity contribution in [2.45, 2.75) is 170 Å². The third kappa shape index (κ3) is 7.17. The predicted molar refractivity (Wildman–Crippen MR) is 209 cm³/mol. The second kappa shape index (κ2) is 12.0. The molecule has 48 heavy (non-hydrogen) atoms. The Bertz CT molecular complexity index is 1610. The van der Waals surface area contributed by atoms with Gasteiger partial charge < -0.3 is 14.3 Å². The predicted octanol–water partition coefficient (Wildman–Crippen LogP) is 12.6. The van der Waals surface area contributed by atoms with E-state index in [-0.39, 0.29) is 32.5 Å². The number of rotatable bonds is 2. The van der Waals surface area contributed by atoms with Crippen molar-refractivity contribution in [3.05, 3.63) is 74.3 Å². The normalized spacial score (nSPS) is 14.5. The highest BCUT2D eigenvalue weighted by atomic mass is 31.2. The van der Waals surface area contributed by atoms with Crippen LogP contribution in [0.4, 0.5) is 0 Å². The average Bonchev–Trinajstić information content (AvgIpc) is 2.84. The molecule has 0 radical (unpaired) electrons. The highest BCUT2D eigenvalue weighted by Crippen LogP contribution is 2.58. The first kappa shape index (κ1) is 38.6. The van der Waals surface area contributed by atoms with E-state index in [1.165, 1.54) is 61.2 Å². The maximum Gasteiger partial charge on any atom is 0.391 e. The van der Waals surface area contributed by atoms with Gasteiger partial charge in [0.2, 0.25) is 0 Å². The molecule has 3 aromatic carbocycles. The molecule has 3 aromatic rings. The van der Waals surface area contributed by atoms with E-state index in [4.69, 9.17) is 4.52 Å². The molecule has 1 aliphatic carbocycles. The van der Waals surface area contributed by atoms with Gasteiger partial charge in [-0.2, -0.15) is 0 Å². The van der Waals surface area contributed by atoms with E-state index in [2.05, 4.69) is 156 Å². The van der Waals surface area contributed by atoms with Gasteiger partial charge in [0.1, 0.15) is 5.75 Å². The van der Waals surface area contributed by atoms with Crippen LogP contribution in [-0.2, 0) is 38.9 Å². The third-order valence-electron chi connectivity index (χ3n) is 10.0. The lowest BCUT2D eigenvalue weighted by Crippen LogP contribution is -2.27. The quantitative estimate of drug-likeness (QED) is 0.208. The molecule has 0 atom stereocenters. The molecule has 0 amide bonds. The van der Waals surface area contributed by atoms with E-state index in [9.17, 15) is 9.79 Å². The summed E-state index contributed by atoms with van der Waals surface area (Å²) >= 11 is 0. The summed E-state index contributed by atoms with van der Waals surface area (Å²) in [6.45, 7) is 43.5. The molecule has 0 aliphatic heterocycles. The minimum atomic E-state index is -2.67. The summed E-state index contributed by atoms with van der Waals surface area (Å²) < 4.78 is 6.35. The van der Waals surface area contributed by atoms with Gasteiger partial charge in [0, 0.05) is 11.1 Å². The van der Waals surface area contributed by atoms with E-state index in [1.807, 2.05) is 0 Å². The monoisotopic (exact) mass is 672 g/mol. The number of hydrogen-bond acceptors (Lipinski definition) is 3. The van der Waals surface area contributed by atoms with Crippen molar-refractivity contribution in [1.82, 2.24) is 0 Å². The Morgan fingerprint density at radius 2 is 0.812 bits per heavy atom. The van der Waals surface area contributed by atoms with Gasteiger partial charge in [-0.3, -0.25) is 0 Å². The van der Waals surface area contributed by atoms with Gasteiger partial charge in [-0.1, -0.05) is 149 Å². The van der Waals surface area contributed by atoms with E-state index in [0.29, 0.717) is 5.75 Å². The van der Waals surface area contributed by atoms with Crippen molar-refractivity contribution >= 4 is 8.60 Å². The number of hydrogen-bond donors (Lipinski definition) is 2. The van der Waals surface area contributed by atoms with Gasteiger partial charge in [-0.15, -0.1) is 0 Å². The van der Waals surface area contributed by atoms with Crippen LogP contribution in [0.5, 0.6) is 5.75 Å². The molecule has 0 saturated carbocycles. The van der Waals surface area contributed by atoms with Crippen molar-refractivity contribution in [3.63, 3.8) is 0 Å². The lowest BCUT2D eigenvalue weighted by molar-refractivity contribution is 0.364. The van der Waals surface area contributed by atoms with Crippen LogP contribution in [0.15, 0.2) is 24.3 Å². The zero-order chi connectivity index (χ0) is 36.9. The third-order valence-corrected chi connectivity index (χ3v) is 10.4. The van der Waals surface area contributed by atoms with Crippen molar-refractivity contribution in [3.8, 4) is 28.0 Å². The molecule has 4 rings (SSSR count). The molecule has 0 unspecified atom stereocenters. The summed E-state index contributed by atoms with van der Waals surface area (Å²) in [7, 11) is -2.67. The first-order valence-electron chi connectivity index (χ1n) is 17.8. The van der Waals surface area contributed by atoms with Gasteiger partial charge in [0.05, 0.1) is 0 Å². The molecule has 0 heterocycles. The van der Waals surface area contributed by atoms with Crippen molar-refractivity contribution in [2.24, 2.45) is 0 Å². The van der Waals surface area contributed by atoms with Crippen LogP contribution in [0.25, 0.3) is 22.3 Å². The van der Waals surface area contributed by atoms with Crippen molar-refractivity contribution in [2.75, 3.05) is 0 Å². The molecule has 264 valence electrons. The molecule has 0 fully saturated rings. The lowest BCUT2D eigenvalue weighted by Gasteiger charge is -2.41. The Hall–Kier alpha value is -2.19. The van der Waals surface area contributed by atoms with Gasteiger partial charge in [-0.25, -0.2) is 0 Å². The number of fused-ring (bicyclic) bond motifs is 6. The summed E-state index contributed by atoms with van der Waals surface area (Å²) in [4.78, 5) is 21.3. The summed E-state index contributed by atoms with van der Waals surface area (Å²) in [5, 5.41) is 0. The molecule has 0 aromatic heterocycles. The highest BCUT2D eigenvalue weighted by Gasteiger charge is 2.41. The van der Waals surface area contributed by atoms with E-state index in [1.54, 1.807) is 0 Å². The van der Waals surface area contributed by atoms with Crippen LogP contribution in [0.3, 0.4) is 0 Å². The summed E-state index contributed by atoms with van der Waals surface area (Å²) in [5.41, 5.74) is 15.1. The molecule has 1 aliphatic rings. The molecule has 4 heteroatoms. The molecule has 0 spiro atoms. The minimum Gasteiger partial charge on any atom is -0.426 e. The maximum atomic E-state index is 10.7. The van der Waals surface area contributed by atoms with Crippen LogP contribution in [0.2, 0.25) is 0 Å². The molecular weight excluding hydrogens is 607 g/mol. The Labute approximate surface area is 294 Å². The number of benzene rings is 3. The van der Waals surface area contributed by atoms with Crippen LogP contribution >= 0.6 is 8.60 Å². The SMILES string of the molecule is Cc1c2c(C(C)(C)C)c(OP(O)O)c(C(C)(C)C)c1-c1c(cc(C(C)(C)C)cc1C(C)(C)C)Cc1cc(C(C)(C)C)cc(C(C)(C)C)c1-2. The van der Waals surface area contributed by atoms with Crippen LogP contribution in [0.1, 0.15) is 175 Å². The van der Waals surface area contributed by atoms with Crippen LogP contribution in [0, 0.1) is 6.92 Å². The Morgan fingerprint density at radius 1 is 0.479 bits per heavy atom. The fourth-order valence-electron chi connectivity index (χ4n) is 7.61. The molecule has 2 N–H and O–H groups in total. The molecule has 2 bridgehead atoms. The Balaban J connectivity index is 2.55. The largest absolute Gasteiger partial charge is 0.426 e. The maximum absolute atomic E-state index is 10.7. The Morgan fingerprint density at radius 3 is 1.06 bits per heavy atom. The molecule has 0 saturated heterocycles. The summed E-state index contributed by atoms with van der Waals surface area (Å²) in [5.74, 6) is 0.625. The fraction of sp³-hybridized carbons (Fsp3) is 0.591. The molecule has 3 nitrogen and oxygen atoms in total. The highest BCUT2D eigenvalue weighted by molar-refractivity contribution is 7.39. The van der Waals surface area contributed by atoms with E-state index in [0.717, 1.165) is 17.5 Å². The van der Waals surface area contributed by atoms with Crippen molar-refractivity contribution in [1.29, 1.82) is 0 Å². The lowest BCUT2D eigenvalue weighted by atomic mass is 9.64. The van der Waals surface area contributed by atoms with Gasteiger partial charge >= 0.3 is 8.60 Å². The topological polar surface area (TPSA) is 49.7 Å². The second-order valence-corrected chi connectivity index (χ2v) is 21.3. The summed E-state index contributed by atoms with van der Waals surface area (Å²) in [6, 6.07) is 9.83. The van der Waals surface area contributed by atoms with E-state index < -0.39 is 8.60 Å². The Kier molecular flexibility index (Phi) is 9.62. The van der Waals surface area contributed by atoms with Crippen molar-refractivity contribution < 1.29 is 14.3 Å². The average molecular weight is 673 g/mol. The smallest absolute Gasteiger partial charge is 0.391 e.